The van der Waals surface area contributed by atoms with E-state index in [0.717, 1.165) is 16.9 Å². The van der Waals surface area contributed by atoms with E-state index in [0.29, 0.717) is 30.2 Å². The molecular formula is C18H24N10O. The van der Waals surface area contributed by atoms with Crippen LogP contribution in [0.15, 0.2) is 18.6 Å². The van der Waals surface area contributed by atoms with Gasteiger partial charge in [-0.15, -0.1) is 5.10 Å². The molecule has 0 radical (unpaired) electrons. The first kappa shape index (κ1) is 18.8. The van der Waals surface area contributed by atoms with Gasteiger partial charge in [-0.1, -0.05) is 5.21 Å². The van der Waals surface area contributed by atoms with Crippen molar-refractivity contribution in [2.75, 3.05) is 24.2 Å². The topological polar surface area (TPSA) is 134 Å². The molecular weight excluding hydrogens is 372 g/mol. The minimum Gasteiger partial charge on any atom is -0.476 e. The van der Waals surface area contributed by atoms with Crippen molar-refractivity contribution in [1.29, 1.82) is 0 Å². The molecule has 0 fully saturated rings. The number of nitrogens with two attached hydrogens (primary N) is 1. The lowest BCUT2D eigenvalue weighted by molar-refractivity contribution is 0.330. The lowest BCUT2D eigenvalue weighted by Gasteiger charge is -2.16. The summed E-state index contributed by atoms with van der Waals surface area (Å²) in [5, 5.41) is 11.9. The third-order valence-corrected chi connectivity index (χ3v) is 4.60. The maximum absolute atomic E-state index is 5.85. The van der Waals surface area contributed by atoms with Gasteiger partial charge >= 0.3 is 0 Å². The molecule has 0 aromatic carbocycles. The Labute approximate surface area is 167 Å². The minimum absolute atomic E-state index is 0.0344. The smallest absolute Gasteiger partial charge is 0.247 e. The molecule has 11 nitrogen and oxygen atoms in total. The molecule has 11 heteroatoms. The van der Waals surface area contributed by atoms with E-state index in [1.807, 2.05) is 36.1 Å². The molecule has 152 valence electrons. The van der Waals surface area contributed by atoms with Crippen molar-refractivity contribution in [3.63, 3.8) is 0 Å². The highest BCUT2D eigenvalue weighted by Gasteiger charge is 2.17. The predicted molar refractivity (Wildman–Crippen MR) is 110 cm³/mol. The van der Waals surface area contributed by atoms with Crippen molar-refractivity contribution in [2.24, 2.45) is 0 Å². The van der Waals surface area contributed by atoms with E-state index < -0.39 is 0 Å². The molecule has 0 saturated carbocycles. The van der Waals surface area contributed by atoms with Gasteiger partial charge in [-0.3, -0.25) is 0 Å². The Bertz CT molecular complexity index is 1150. The number of nitrogens with zero attached hydrogens (tertiary/aromatic N) is 8. The normalized spacial score (nSPS) is 12.7. The number of pyridine rings is 1. The van der Waals surface area contributed by atoms with Crippen LogP contribution >= 0.6 is 0 Å². The fourth-order valence-corrected chi connectivity index (χ4v) is 3.16. The molecule has 4 heterocycles. The lowest BCUT2D eigenvalue weighted by Crippen LogP contribution is -2.16. The Balaban J connectivity index is 1.59. The Morgan fingerprint density at radius 3 is 2.72 bits per heavy atom. The van der Waals surface area contributed by atoms with E-state index in [2.05, 4.69) is 42.5 Å². The summed E-state index contributed by atoms with van der Waals surface area (Å²) in [7, 11) is 0. The molecule has 1 atom stereocenters. The predicted octanol–water partition coefficient (Wildman–Crippen LogP) is 2.20. The summed E-state index contributed by atoms with van der Waals surface area (Å²) < 4.78 is 9.30. The van der Waals surface area contributed by atoms with Crippen LogP contribution < -0.4 is 15.8 Å². The average molecular weight is 396 g/mol. The number of nitrogens with one attached hydrogen (secondary N) is 1. The largest absolute Gasteiger partial charge is 0.476 e. The van der Waals surface area contributed by atoms with Crippen LogP contribution in [0, 0.1) is 0 Å². The second-order valence-corrected chi connectivity index (χ2v) is 7.03. The first-order chi connectivity index (χ1) is 14.0. The molecule has 0 amide bonds. The number of rotatable bonds is 7. The van der Waals surface area contributed by atoms with Gasteiger partial charge in [0.15, 0.2) is 22.3 Å². The molecule has 0 spiro atoms. The number of aromatic nitrogens is 8. The van der Waals surface area contributed by atoms with E-state index in [1.165, 1.54) is 0 Å². The molecule has 0 bridgehead atoms. The number of anilines is 2. The fraction of sp³-hybridized carbons (Fsp3) is 0.444. The maximum atomic E-state index is 5.85. The molecule has 4 aromatic heterocycles. The Hall–Kier alpha value is -3.50. The van der Waals surface area contributed by atoms with Crippen LogP contribution in [0.1, 0.15) is 39.8 Å². The van der Waals surface area contributed by atoms with Crippen LogP contribution in [0.25, 0.3) is 22.3 Å². The standard InChI is InChI=1S/C18H24N10O/c1-5-29-17-14-16(23-18(19)24-17)27(9-22-14)11(4)8-21-12-6-7-20-15-13(12)25-26-28(15)10(2)3/h6-7,9-11H,5,8H2,1-4H3,(H,20,21)(H2,19,23,24). The van der Waals surface area contributed by atoms with Gasteiger partial charge in [-0.25, -0.2) is 14.6 Å². The summed E-state index contributed by atoms with van der Waals surface area (Å²) in [6.45, 7) is 9.14. The Morgan fingerprint density at radius 2 is 1.97 bits per heavy atom. The molecule has 4 aromatic rings. The molecule has 0 aliphatic heterocycles. The summed E-state index contributed by atoms with van der Waals surface area (Å²) in [6, 6.07) is 2.11. The Morgan fingerprint density at radius 1 is 1.14 bits per heavy atom. The first-order valence-electron chi connectivity index (χ1n) is 9.56. The highest BCUT2D eigenvalue weighted by Crippen LogP contribution is 2.25. The quantitative estimate of drug-likeness (QED) is 0.482. The van der Waals surface area contributed by atoms with Crippen molar-refractivity contribution in [1.82, 2.24) is 39.5 Å². The van der Waals surface area contributed by atoms with Crippen molar-refractivity contribution < 1.29 is 4.74 Å². The zero-order chi connectivity index (χ0) is 20.5. The van der Waals surface area contributed by atoms with Crippen molar-refractivity contribution in [3.8, 4) is 5.88 Å². The zero-order valence-electron chi connectivity index (χ0n) is 16.9. The van der Waals surface area contributed by atoms with Gasteiger partial charge in [0, 0.05) is 12.7 Å². The van der Waals surface area contributed by atoms with Gasteiger partial charge in [0.2, 0.25) is 11.8 Å². The minimum atomic E-state index is 0.0344. The van der Waals surface area contributed by atoms with Gasteiger partial charge in [-0.05, 0) is 33.8 Å². The van der Waals surface area contributed by atoms with Crippen molar-refractivity contribution >= 4 is 34.0 Å². The van der Waals surface area contributed by atoms with Crippen molar-refractivity contribution in [3.05, 3.63) is 18.6 Å². The molecule has 4 rings (SSSR count). The first-order valence-corrected chi connectivity index (χ1v) is 9.56. The number of fused-ring (bicyclic) bond motifs is 2. The van der Waals surface area contributed by atoms with E-state index >= 15 is 0 Å². The molecule has 3 N–H and O–H groups in total. The maximum Gasteiger partial charge on any atom is 0.247 e. The average Bonchev–Trinajstić information content (AvgIpc) is 3.30. The number of hydrogen-bond acceptors (Lipinski definition) is 9. The number of hydrogen-bond donors (Lipinski definition) is 2. The second-order valence-electron chi connectivity index (χ2n) is 7.03. The Kier molecular flexibility index (Phi) is 4.87. The van der Waals surface area contributed by atoms with E-state index in [-0.39, 0.29) is 18.0 Å². The SMILES string of the molecule is CCOc1nc(N)nc2c1ncn2C(C)CNc1ccnc2c1nnn2C(C)C. The molecule has 0 saturated heterocycles. The highest BCUT2D eigenvalue weighted by atomic mass is 16.5. The van der Waals surface area contributed by atoms with Crippen LogP contribution in [0.4, 0.5) is 11.6 Å². The summed E-state index contributed by atoms with van der Waals surface area (Å²) in [5.41, 5.74) is 9.47. The van der Waals surface area contributed by atoms with Gasteiger partial charge < -0.3 is 20.4 Å². The van der Waals surface area contributed by atoms with Gasteiger partial charge in [0.25, 0.3) is 0 Å². The van der Waals surface area contributed by atoms with E-state index in [9.17, 15) is 0 Å². The van der Waals surface area contributed by atoms with Crippen LogP contribution in [0.3, 0.4) is 0 Å². The highest BCUT2D eigenvalue weighted by molar-refractivity contribution is 5.84. The summed E-state index contributed by atoms with van der Waals surface area (Å²) >= 11 is 0. The van der Waals surface area contributed by atoms with E-state index in [1.54, 1.807) is 12.5 Å². The summed E-state index contributed by atoms with van der Waals surface area (Å²) in [6.07, 6.45) is 3.48. The number of nitrogen functional groups attached to an aromatic ring is 1. The lowest BCUT2D eigenvalue weighted by atomic mass is 10.3. The summed E-state index contributed by atoms with van der Waals surface area (Å²) in [5.74, 6) is 0.555. The fourth-order valence-electron chi connectivity index (χ4n) is 3.16. The molecule has 0 aliphatic rings. The van der Waals surface area contributed by atoms with Crippen LogP contribution in [0.2, 0.25) is 0 Å². The van der Waals surface area contributed by atoms with Gasteiger partial charge in [0.05, 0.1) is 30.7 Å². The van der Waals surface area contributed by atoms with Crippen LogP contribution in [-0.2, 0) is 0 Å². The van der Waals surface area contributed by atoms with E-state index in [4.69, 9.17) is 10.5 Å². The second kappa shape index (κ2) is 7.49. The molecule has 1 unspecified atom stereocenters. The van der Waals surface area contributed by atoms with Gasteiger partial charge in [-0.2, -0.15) is 9.97 Å². The number of imidazole rings is 1. The third kappa shape index (κ3) is 3.39. The molecule has 0 aliphatic carbocycles. The van der Waals surface area contributed by atoms with Gasteiger partial charge in [0.1, 0.15) is 0 Å². The monoisotopic (exact) mass is 396 g/mol. The zero-order valence-corrected chi connectivity index (χ0v) is 16.9. The summed E-state index contributed by atoms with van der Waals surface area (Å²) in [4.78, 5) is 17.3. The van der Waals surface area contributed by atoms with Crippen molar-refractivity contribution in [2.45, 2.75) is 39.8 Å². The third-order valence-electron chi connectivity index (χ3n) is 4.60. The molecule has 29 heavy (non-hydrogen) atoms. The number of ether oxygens (including phenoxy) is 1. The van der Waals surface area contributed by atoms with Crippen LogP contribution in [0.5, 0.6) is 5.88 Å². The van der Waals surface area contributed by atoms with Crippen LogP contribution in [-0.4, -0.2) is 52.6 Å².